The molecule has 0 bridgehead atoms. The molecule has 3 rings (SSSR count). The maximum atomic E-state index is 12.8. The van der Waals surface area contributed by atoms with Gasteiger partial charge in [0.05, 0.1) is 35.6 Å². The van der Waals surface area contributed by atoms with E-state index in [1.807, 2.05) is 31.2 Å². The van der Waals surface area contributed by atoms with Crippen LogP contribution in [0.4, 0.5) is 5.69 Å². The number of aromatic nitrogens is 1. The third-order valence-corrected chi connectivity index (χ3v) is 4.73. The molecule has 8 nitrogen and oxygen atoms in total. The van der Waals surface area contributed by atoms with E-state index in [0.29, 0.717) is 22.5 Å². The van der Waals surface area contributed by atoms with Gasteiger partial charge in [0.25, 0.3) is 5.91 Å². The zero-order chi connectivity index (χ0) is 23.1. The molecule has 32 heavy (non-hydrogen) atoms. The second-order valence-corrected chi connectivity index (χ2v) is 6.93. The minimum absolute atomic E-state index is 0.134. The lowest BCUT2D eigenvalue weighted by atomic mass is 10.0. The molecule has 0 saturated carbocycles. The van der Waals surface area contributed by atoms with Gasteiger partial charge in [-0.1, -0.05) is 18.2 Å². The van der Waals surface area contributed by atoms with Gasteiger partial charge in [0.2, 0.25) is 0 Å². The Morgan fingerprint density at radius 3 is 2.38 bits per heavy atom. The first kappa shape index (κ1) is 22.9. The van der Waals surface area contributed by atoms with Crippen molar-refractivity contribution in [1.82, 2.24) is 4.98 Å². The van der Waals surface area contributed by atoms with Crippen LogP contribution in [0.25, 0.3) is 10.9 Å². The number of carbonyl (C=O) groups excluding carboxylic acids is 3. The van der Waals surface area contributed by atoms with Crippen LogP contribution in [0.1, 0.15) is 38.9 Å². The van der Waals surface area contributed by atoms with E-state index in [1.165, 1.54) is 7.11 Å². The van der Waals surface area contributed by atoms with E-state index in [0.717, 1.165) is 10.9 Å². The predicted octanol–water partition coefficient (Wildman–Crippen LogP) is 3.66. The molecule has 0 aliphatic rings. The number of ether oxygens (including phenoxy) is 3. The molecule has 1 N–H and O–H groups in total. The predicted molar refractivity (Wildman–Crippen MR) is 119 cm³/mol. The Labute approximate surface area is 185 Å². The molecule has 0 unspecified atom stereocenters. The summed E-state index contributed by atoms with van der Waals surface area (Å²) in [4.78, 5) is 41.3. The molecule has 2 aromatic carbocycles. The number of para-hydroxylation sites is 1. The van der Waals surface area contributed by atoms with Gasteiger partial charge in [-0.05, 0) is 49.7 Å². The van der Waals surface area contributed by atoms with E-state index in [-0.39, 0.29) is 18.8 Å². The molecule has 1 heterocycles. The molecule has 8 heteroatoms. The average Bonchev–Trinajstić information content (AvgIpc) is 2.78. The van der Waals surface area contributed by atoms with Crippen LogP contribution in [-0.4, -0.2) is 43.2 Å². The second kappa shape index (κ2) is 10.5. The topological polar surface area (TPSA) is 104 Å². The van der Waals surface area contributed by atoms with Crippen LogP contribution in [0.15, 0.2) is 48.5 Å². The number of anilines is 1. The largest absolute Gasteiger partial charge is 0.462 e. The number of nitrogens with one attached hydrogen (secondary N) is 1. The van der Waals surface area contributed by atoms with Crippen LogP contribution in [0, 0.1) is 6.92 Å². The Hall–Kier alpha value is -3.78. The van der Waals surface area contributed by atoms with Crippen molar-refractivity contribution >= 4 is 34.4 Å². The fourth-order valence-electron chi connectivity index (χ4n) is 3.26. The first-order valence-electron chi connectivity index (χ1n) is 10.1. The molecule has 1 aromatic heterocycles. The number of fused-ring (bicyclic) bond motifs is 1. The lowest BCUT2D eigenvalue weighted by Gasteiger charge is -2.14. The molecule has 1 amide bonds. The molecule has 0 spiro atoms. The Morgan fingerprint density at radius 1 is 0.969 bits per heavy atom. The molecule has 3 aromatic rings. The fraction of sp³-hybridized carbons (Fsp3) is 0.250. The van der Waals surface area contributed by atoms with Crippen LogP contribution in [-0.2, 0) is 25.6 Å². The number of esters is 2. The monoisotopic (exact) mass is 436 g/mol. The Balaban J connectivity index is 1.68. The zero-order valence-electron chi connectivity index (χ0n) is 18.1. The van der Waals surface area contributed by atoms with Crippen molar-refractivity contribution in [2.24, 2.45) is 0 Å². The number of carbonyl (C=O) groups is 3. The average molecular weight is 436 g/mol. The smallest absolute Gasteiger partial charge is 0.340 e. The van der Waals surface area contributed by atoms with E-state index >= 15 is 0 Å². The lowest BCUT2D eigenvalue weighted by molar-refractivity contribution is -0.119. The molecule has 0 fully saturated rings. The maximum Gasteiger partial charge on any atom is 0.340 e. The van der Waals surface area contributed by atoms with E-state index in [1.54, 1.807) is 31.2 Å². The molecule has 166 valence electrons. The van der Waals surface area contributed by atoms with Crippen LogP contribution in [0.3, 0.4) is 0 Å². The zero-order valence-corrected chi connectivity index (χ0v) is 18.1. The molecule has 0 saturated heterocycles. The maximum absolute atomic E-state index is 12.8. The molecular weight excluding hydrogens is 412 g/mol. The molecule has 0 atom stereocenters. The molecule has 0 aliphatic carbocycles. The Morgan fingerprint density at radius 2 is 1.69 bits per heavy atom. The van der Waals surface area contributed by atoms with Crippen LogP contribution >= 0.6 is 0 Å². The summed E-state index contributed by atoms with van der Waals surface area (Å²) in [6, 6.07) is 13.7. The van der Waals surface area contributed by atoms with Gasteiger partial charge in [-0.25, -0.2) is 14.6 Å². The van der Waals surface area contributed by atoms with Crippen molar-refractivity contribution in [3.05, 3.63) is 70.9 Å². The lowest BCUT2D eigenvalue weighted by Crippen LogP contribution is -2.22. The number of pyridine rings is 1. The first-order chi connectivity index (χ1) is 15.4. The SMILES string of the molecule is CCOC(=O)c1ccc(NC(=O)COC(=O)c2c(COC)nc3ccccc3c2C)cc1. The standard InChI is InChI=1S/C24H24N2O6/c1-4-31-23(28)16-9-11-17(12-10-16)25-21(27)14-32-24(29)22-15(2)18-7-5-6-8-19(18)26-20(22)13-30-3/h5-12H,4,13-14H2,1-3H3,(H,25,27). The highest BCUT2D eigenvalue weighted by atomic mass is 16.5. The van der Waals surface area contributed by atoms with Gasteiger partial charge in [0, 0.05) is 18.2 Å². The number of amides is 1. The third kappa shape index (κ3) is 5.28. The number of methoxy groups -OCH3 is 1. The third-order valence-electron chi connectivity index (χ3n) is 4.73. The van der Waals surface area contributed by atoms with Crippen LogP contribution < -0.4 is 5.32 Å². The number of aryl methyl sites for hydroxylation is 1. The normalized spacial score (nSPS) is 10.6. The summed E-state index contributed by atoms with van der Waals surface area (Å²) in [5.74, 6) is -1.60. The Kier molecular flexibility index (Phi) is 7.51. The van der Waals surface area contributed by atoms with Crippen molar-refractivity contribution < 1.29 is 28.6 Å². The molecular formula is C24H24N2O6. The van der Waals surface area contributed by atoms with E-state index in [9.17, 15) is 14.4 Å². The highest BCUT2D eigenvalue weighted by Crippen LogP contribution is 2.24. The number of hydrogen-bond acceptors (Lipinski definition) is 7. The van der Waals surface area contributed by atoms with Crippen molar-refractivity contribution in [1.29, 1.82) is 0 Å². The summed E-state index contributed by atoms with van der Waals surface area (Å²) in [5, 5.41) is 3.45. The highest BCUT2D eigenvalue weighted by molar-refractivity contribution is 6.00. The van der Waals surface area contributed by atoms with Crippen molar-refractivity contribution in [3.63, 3.8) is 0 Å². The second-order valence-electron chi connectivity index (χ2n) is 6.93. The van der Waals surface area contributed by atoms with E-state index < -0.39 is 24.5 Å². The number of nitrogens with zero attached hydrogens (tertiary/aromatic N) is 1. The number of benzene rings is 2. The minimum Gasteiger partial charge on any atom is -0.462 e. The van der Waals surface area contributed by atoms with Gasteiger partial charge in [0.15, 0.2) is 6.61 Å². The quantitative estimate of drug-likeness (QED) is 0.538. The fourth-order valence-corrected chi connectivity index (χ4v) is 3.26. The summed E-state index contributed by atoms with van der Waals surface area (Å²) in [5.41, 5.74) is 3.03. The summed E-state index contributed by atoms with van der Waals surface area (Å²) in [6.45, 7) is 3.47. The molecule has 0 aliphatic heterocycles. The van der Waals surface area contributed by atoms with Gasteiger partial charge >= 0.3 is 11.9 Å². The Bertz CT molecular complexity index is 1140. The number of rotatable bonds is 8. The minimum atomic E-state index is -0.652. The van der Waals surface area contributed by atoms with Gasteiger partial charge in [-0.2, -0.15) is 0 Å². The molecule has 0 radical (unpaired) electrons. The van der Waals surface area contributed by atoms with Gasteiger partial charge in [0.1, 0.15) is 0 Å². The summed E-state index contributed by atoms with van der Waals surface area (Å²) in [7, 11) is 1.52. The van der Waals surface area contributed by atoms with Gasteiger partial charge in [-0.15, -0.1) is 0 Å². The highest BCUT2D eigenvalue weighted by Gasteiger charge is 2.21. The first-order valence-corrected chi connectivity index (χ1v) is 10.1. The van der Waals surface area contributed by atoms with E-state index in [4.69, 9.17) is 14.2 Å². The number of hydrogen-bond donors (Lipinski definition) is 1. The van der Waals surface area contributed by atoms with E-state index in [2.05, 4.69) is 10.3 Å². The summed E-state index contributed by atoms with van der Waals surface area (Å²) < 4.78 is 15.4. The van der Waals surface area contributed by atoms with Crippen molar-refractivity contribution in [2.45, 2.75) is 20.5 Å². The van der Waals surface area contributed by atoms with Crippen LogP contribution in [0.5, 0.6) is 0 Å². The van der Waals surface area contributed by atoms with Gasteiger partial charge in [-0.3, -0.25) is 4.79 Å². The van der Waals surface area contributed by atoms with Crippen LogP contribution in [0.2, 0.25) is 0 Å². The van der Waals surface area contributed by atoms with Gasteiger partial charge < -0.3 is 19.5 Å². The summed E-state index contributed by atoms with van der Waals surface area (Å²) >= 11 is 0. The van der Waals surface area contributed by atoms with Crippen molar-refractivity contribution in [3.8, 4) is 0 Å². The summed E-state index contributed by atoms with van der Waals surface area (Å²) in [6.07, 6.45) is 0. The van der Waals surface area contributed by atoms with Crippen molar-refractivity contribution in [2.75, 3.05) is 25.6 Å².